The molecule has 0 aliphatic heterocycles. The molecule has 0 spiro atoms. The predicted molar refractivity (Wildman–Crippen MR) is 56.0 cm³/mol. The van der Waals surface area contributed by atoms with E-state index in [0.29, 0.717) is 5.88 Å². The van der Waals surface area contributed by atoms with E-state index >= 15 is 0 Å². The number of alkyl halides is 1. The van der Waals surface area contributed by atoms with Gasteiger partial charge in [0, 0.05) is 18.3 Å². The van der Waals surface area contributed by atoms with E-state index in [4.69, 9.17) is 11.6 Å². The number of hydrogen-bond donors (Lipinski definition) is 0. The van der Waals surface area contributed by atoms with Gasteiger partial charge >= 0.3 is 0 Å². The molecular formula is C10H17ClN2. The summed E-state index contributed by atoms with van der Waals surface area (Å²) in [5, 5.41) is 4.40. The lowest BCUT2D eigenvalue weighted by Crippen LogP contribution is -2.15. The summed E-state index contributed by atoms with van der Waals surface area (Å²) >= 11 is 5.76. The lowest BCUT2D eigenvalue weighted by atomic mass is 9.97. The van der Waals surface area contributed by atoms with Crippen molar-refractivity contribution in [2.75, 3.05) is 0 Å². The van der Waals surface area contributed by atoms with Crippen molar-refractivity contribution in [3.8, 4) is 0 Å². The molecule has 0 unspecified atom stereocenters. The minimum absolute atomic E-state index is 0.266. The van der Waals surface area contributed by atoms with Crippen molar-refractivity contribution in [3.05, 3.63) is 17.5 Å². The molecule has 0 amide bonds. The molecule has 0 bridgehead atoms. The van der Waals surface area contributed by atoms with E-state index in [1.54, 1.807) is 0 Å². The summed E-state index contributed by atoms with van der Waals surface area (Å²) in [7, 11) is 0. The molecule has 0 atom stereocenters. The Morgan fingerprint density at radius 1 is 1.46 bits per heavy atom. The third kappa shape index (κ3) is 3.03. The highest BCUT2D eigenvalue weighted by Crippen LogP contribution is 2.17. The van der Waals surface area contributed by atoms with Gasteiger partial charge in [-0.05, 0) is 12.3 Å². The highest BCUT2D eigenvalue weighted by atomic mass is 35.5. The number of aryl methyl sites for hydroxylation is 1. The summed E-state index contributed by atoms with van der Waals surface area (Å²) in [5.41, 5.74) is 2.44. The quantitative estimate of drug-likeness (QED) is 0.672. The van der Waals surface area contributed by atoms with Crippen LogP contribution in [0, 0.1) is 12.3 Å². The van der Waals surface area contributed by atoms with Crippen LogP contribution in [0.25, 0.3) is 0 Å². The fourth-order valence-electron chi connectivity index (χ4n) is 1.26. The monoisotopic (exact) mass is 200 g/mol. The van der Waals surface area contributed by atoms with Crippen LogP contribution in [-0.2, 0) is 12.4 Å². The van der Waals surface area contributed by atoms with Crippen molar-refractivity contribution < 1.29 is 0 Å². The standard InChI is InChI=1S/C10H17ClN2/c1-8-9(5-11)6-13(12-8)7-10(2,3)4/h6H,5,7H2,1-4H3. The van der Waals surface area contributed by atoms with Crippen LogP contribution in [-0.4, -0.2) is 9.78 Å². The van der Waals surface area contributed by atoms with Gasteiger partial charge in [-0.3, -0.25) is 4.68 Å². The Morgan fingerprint density at radius 3 is 2.46 bits per heavy atom. The van der Waals surface area contributed by atoms with E-state index in [1.807, 2.05) is 17.8 Å². The van der Waals surface area contributed by atoms with Crippen molar-refractivity contribution in [2.24, 2.45) is 5.41 Å². The number of rotatable bonds is 2. The summed E-state index contributed by atoms with van der Waals surface area (Å²) in [5.74, 6) is 0.552. The number of aromatic nitrogens is 2. The summed E-state index contributed by atoms with van der Waals surface area (Å²) in [6.07, 6.45) is 2.04. The molecule has 0 N–H and O–H groups in total. The van der Waals surface area contributed by atoms with Gasteiger partial charge in [0.05, 0.1) is 11.6 Å². The Kier molecular flexibility index (Phi) is 3.01. The van der Waals surface area contributed by atoms with Crippen LogP contribution in [0.15, 0.2) is 6.20 Å². The molecule has 1 rings (SSSR count). The average Bonchev–Trinajstić information content (AvgIpc) is 2.26. The smallest absolute Gasteiger partial charge is 0.0637 e. The molecule has 0 aliphatic carbocycles. The predicted octanol–water partition coefficient (Wildman–Crippen LogP) is 2.98. The summed E-state index contributed by atoms with van der Waals surface area (Å²) < 4.78 is 1.98. The van der Waals surface area contributed by atoms with Gasteiger partial charge < -0.3 is 0 Å². The van der Waals surface area contributed by atoms with Crippen molar-refractivity contribution in [1.29, 1.82) is 0 Å². The maximum atomic E-state index is 5.76. The Morgan fingerprint density at radius 2 is 2.08 bits per heavy atom. The van der Waals surface area contributed by atoms with Crippen LogP contribution in [0.2, 0.25) is 0 Å². The van der Waals surface area contributed by atoms with Crippen molar-refractivity contribution in [3.63, 3.8) is 0 Å². The van der Waals surface area contributed by atoms with Crippen molar-refractivity contribution in [1.82, 2.24) is 9.78 Å². The zero-order chi connectivity index (χ0) is 10.1. The van der Waals surface area contributed by atoms with Gasteiger partial charge in [0.2, 0.25) is 0 Å². The Bertz CT molecular complexity index is 284. The lowest BCUT2D eigenvalue weighted by molar-refractivity contribution is 0.324. The number of hydrogen-bond acceptors (Lipinski definition) is 1. The van der Waals surface area contributed by atoms with Gasteiger partial charge in [0.15, 0.2) is 0 Å². The molecule has 13 heavy (non-hydrogen) atoms. The second-order valence-corrected chi connectivity index (χ2v) is 4.90. The van der Waals surface area contributed by atoms with Crippen LogP contribution in [0.5, 0.6) is 0 Å². The van der Waals surface area contributed by atoms with Crippen LogP contribution in [0.4, 0.5) is 0 Å². The zero-order valence-corrected chi connectivity index (χ0v) is 9.52. The molecular weight excluding hydrogens is 184 g/mol. The third-order valence-electron chi connectivity index (χ3n) is 1.83. The van der Waals surface area contributed by atoms with Gasteiger partial charge in [-0.1, -0.05) is 20.8 Å². The van der Waals surface area contributed by atoms with E-state index in [1.165, 1.54) is 0 Å². The first-order chi connectivity index (χ1) is 5.92. The highest BCUT2D eigenvalue weighted by Gasteiger charge is 2.12. The minimum Gasteiger partial charge on any atom is -0.272 e. The van der Waals surface area contributed by atoms with Gasteiger partial charge in [0.1, 0.15) is 0 Å². The topological polar surface area (TPSA) is 17.8 Å². The first kappa shape index (κ1) is 10.6. The molecule has 1 heterocycles. The maximum absolute atomic E-state index is 5.76. The van der Waals surface area contributed by atoms with E-state index in [9.17, 15) is 0 Å². The van der Waals surface area contributed by atoms with Crippen molar-refractivity contribution in [2.45, 2.75) is 40.1 Å². The summed E-state index contributed by atoms with van der Waals surface area (Å²) in [4.78, 5) is 0. The molecule has 0 radical (unpaired) electrons. The fraction of sp³-hybridized carbons (Fsp3) is 0.700. The maximum Gasteiger partial charge on any atom is 0.0637 e. The molecule has 0 saturated carbocycles. The van der Waals surface area contributed by atoms with Crippen molar-refractivity contribution >= 4 is 11.6 Å². The zero-order valence-electron chi connectivity index (χ0n) is 8.76. The normalized spacial score (nSPS) is 12.1. The second-order valence-electron chi connectivity index (χ2n) is 4.63. The van der Waals surface area contributed by atoms with E-state index in [-0.39, 0.29) is 5.41 Å². The van der Waals surface area contributed by atoms with E-state index in [0.717, 1.165) is 17.8 Å². The molecule has 0 saturated heterocycles. The summed E-state index contributed by atoms with van der Waals surface area (Å²) in [6, 6.07) is 0. The molecule has 0 aliphatic rings. The van der Waals surface area contributed by atoms with Crippen LogP contribution >= 0.6 is 11.6 Å². The molecule has 2 nitrogen and oxygen atoms in total. The van der Waals surface area contributed by atoms with Gasteiger partial charge in [-0.25, -0.2) is 0 Å². The molecule has 1 aromatic heterocycles. The van der Waals surface area contributed by atoms with Gasteiger partial charge in [-0.2, -0.15) is 5.10 Å². The molecule has 3 heteroatoms. The number of nitrogens with zero attached hydrogens (tertiary/aromatic N) is 2. The third-order valence-corrected chi connectivity index (χ3v) is 2.12. The minimum atomic E-state index is 0.266. The Balaban J connectivity index is 2.80. The van der Waals surface area contributed by atoms with Gasteiger partial charge in [0.25, 0.3) is 0 Å². The molecule has 74 valence electrons. The molecule has 0 aromatic carbocycles. The van der Waals surface area contributed by atoms with Crippen LogP contribution < -0.4 is 0 Å². The van der Waals surface area contributed by atoms with E-state index in [2.05, 4.69) is 25.9 Å². The Hall–Kier alpha value is -0.500. The molecule has 0 fully saturated rings. The van der Waals surface area contributed by atoms with Crippen LogP contribution in [0.3, 0.4) is 0 Å². The SMILES string of the molecule is Cc1nn(CC(C)(C)C)cc1CCl. The second kappa shape index (κ2) is 3.70. The largest absolute Gasteiger partial charge is 0.272 e. The average molecular weight is 201 g/mol. The van der Waals surface area contributed by atoms with Gasteiger partial charge in [-0.15, -0.1) is 11.6 Å². The first-order valence-electron chi connectivity index (χ1n) is 4.51. The fourth-order valence-corrected chi connectivity index (χ4v) is 1.52. The molecule has 1 aromatic rings. The van der Waals surface area contributed by atoms with E-state index < -0.39 is 0 Å². The van der Waals surface area contributed by atoms with Crippen LogP contribution in [0.1, 0.15) is 32.0 Å². The Labute approximate surface area is 84.9 Å². The first-order valence-corrected chi connectivity index (χ1v) is 5.05. The summed E-state index contributed by atoms with van der Waals surface area (Å²) in [6.45, 7) is 9.53. The lowest BCUT2D eigenvalue weighted by Gasteiger charge is -2.17. The number of halogens is 1. The highest BCUT2D eigenvalue weighted by molar-refractivity contribution is 6.17.